The molecule has 238 valence electrons. The number of nitrogens with two attached hydrogens (primary N) is 4. The van der Waals surface area contributed by atoms with E-state index in [1.165, 1.54) is 0 Å². The van der Waals surface area contributed by atoms with E-state index in [0.29, 0.717) is 34.3 Å². The molecule has 0 saturated carbocycles. The Morgan fingerprint density at radius 1 is 0.644 bits per heavy atom. The molecule has 3 rings (SSSR count). The Kier molecular flexibility index (Phi) is 9.30. The van der Waals surface area contributed by atoms with E-state index >= 15 is 0 Å². The third-order valence-electron chi connectivity index (χ3n) is 5.89. The number of anilines is 2. The fourth-order valence-electron chi connectivity index (χ4n) is 3.76. The van der Waals surface area contributed by atoms with Crippen molar-refractivity contribution < 1.29 is 56.0 Å². The fourth-order valence-corrected chi connectivity index (χ4v) is 3.76. The van der Waals surface area contributed by atoms with Crippen LogP contribution in [-0.4, -0.2) is 38.2 Å². The molecule has 13 nitrogen and oxygen atoms in total. The highest BCUT2D eigenvalue weighted by atomic mass is 19.4. The number of carboxylic acids is 3. The Hall–Kier alpha value is -5.82. The predicted octanol–water partition coefficient (Wildman–Crippen LogP) is 3.49. The van der Waals surface area contributed by atoms with Crippen molar-refractivity contribution in [2.75, 3.05) is 10.0 Å². The van der Waals surface area contributed by atoms with Crippen LogP contribution < -0.4 is 33.2 Å². The Morgan fingerprint density at radius 2 is 1.00 bits per heavy atom. The third kappa shape index (κ3) is 7.77. The molecular formula is C26H21F6N7O6. The molecule has 0 fully saturated rings. The minimum atomic E-state index is -5.06. The summed E-state index contributed by atoms with van der Waals surface area (Å²) in [6.07, 6.45) is -8.41. The highest BCUT2D eigenvalue weighted by Gasteiger charge is 2.37. The van der Waals surface area contributed by atoms with Gasteiger partial charge in [-0.15, -0.1) is 0 Å². The number of alkyl halides is 6. The molecule has 0 radical (unpaired) electrons. The molecule has 2 aromatic carbocycles. The molecule has 0 spiro atoms. The topological polar surface area (TPSA) is 235 Å². The molecule has 0 aliphatic carbocycles. The molecule has 11 N–H and O–H groups in total. The summed E-state index contributed by atoms with van der Waals surface area (Å²) in [6.45, 7) is 0. The van der Waals surface area contributed by atoms with Crippen LogP contribution in [0.4, 0.5) is 37.7 Å². The first-order chi connectivity index (χ1) is 20.7. The maximum absolute atomic E-state index is 13.4. The van der Waals surface area contributed by atoms with Gasteiger partial charge < -0.3 is 26.8 Å². The molecule has 3 aromatic rings. The molecule has 1 aromatic heterocycles. The third-order valence-corrected chi connectivity index (χ3v) is 5.89. The van der Waals surface area contributed by atoms with Crippen LogP contribution >= 0.6 is 0 Å². The lowest BCUT2D eigenvalue weighted by Crippen LogP contribution is -2.27. The van der Waals surface area contributed by atoms with Gasteiger partial charge in [0.15, 0.2) is 0 Å². The molecule has 0 bridgehead atoms. The number of carbonyl (C=O) groups is 3. The van der Waals surface area contributed by atoms with Crippen LogP contribution in [0.5, 0.6) is 0 Å². The Labute approximate surface area is 247 Å². The minimum absolute atomic E-state index is 0.316. The summed E-state index contributed by atoms with van der Waals surface area (Å²) in [5.41, 5.74) is 4.23. The summed E-state index contributed by atoms with van der Waals surface area (Å²) in [5.74, 6) is 6.44. The summed E-state index contributed by atoms with van der Waals surface area (Å²) in [5, 5.41) is 28.8. The van der Waals surface area contributed by atoms with Gasteiger partial charge in [0.2, 0.25) is 0 Å². The molecule has 0 atom stereocenters. The van der Waals surface area contributed by atoms with Crippen LogP contribution in [-0.2, 0) is 12.4 Å². The number of hydrazine groups is 2. The second-order valence-electron chi connectivity index (χ2n) is 8.98. The first kappa shape index (κ1) is 33.7. The lowest BCUT2D eigenvalue weighted by atomic mass is 10.1. The zero-order chi connectivity index (χ0) is 34.0. The Morgan fingerprint density at radius 3 is 1.29 bits per heavy atom. The highest BCUT2D eigenvalue weighted by molar-refractivity contribution is 5.92. The van der Waals surface area contributed by atoms with E-state index in [9.17, 15) is 45.8 Å². The fraction of sp³-hybridized carbons (Fsp3) is 0.0769. The molecular weight excluding hydrogens is 620 g/mol. The summed E-state index contributed by atoms with van der Waals surface area (Å²) in [6, 6.07) is 6.05. The average Bonchev–Trinajstić information content (AvgIpc) is 2.94. The number of halogens is 6. The number of hydrogen-bond donors (Lipinski definition) is 7. The molecule has 0 amide bonds. The molecule has 19 heteroatoms. The predicted molar refractivity (Wildman–Crippen MR) is 146 cm³/mol. The van der Waals surface area contributed by atoms with Crippen molar-refractivity contribution in [2.45, 2.75) is 12.4 Å². The number of carboxylic acid groups (broad SMARTS) is 3. The van der Waals surface area contributed by atoms with Crippen molar-refractivity contribution in [1.82, 2.24) is 4.98 Å². The van der Waals surface area contributed by atoms with Crippen LogP contribution in [0, 0.1) is 0 Å². The number of nitrogens with zero attached hydrogens (tertiary/aromatic N) is 3. The number of aromatic nitrogens is 1. The van der Waals surface area contributed by atoms with Gasteiger partial charge in [0.1, 0.15) is 0 Å². The van der Waals surface area contributed by atoms with E-state index in [-0.39, 0.29) is 22.8 Å². The molecule has 0 saturated heterocycles. The van der Waals surface area contributed by atoms with Crippen LogP contribution in [0.3, 0.4) is 0 Å². The minimum Gasteiger partial charge on any atom is -0.478 e. The van der Waals surface area contributed by atoms with E-state index < -0.39 is 69.5 Å². The number of rotatable bonds is 9. The zero-order valence-electron chi connectivity index (χ0n) is 22.3. The van der Waals surface area contributed by atoms with Gasteiger partial charge in [-0.05, 0) is 48.5 Å². The number of benzene rings is 2. The van der Waals surface area contributed by atoms with Gasteiger partial charge in [-0.1, -0.05) is 0 Å². The van der Waals surface area contributed by atoms with Gasteiger partial charge in [-0.3, -0.25) is 10.0 Å². The summed E-state index contributed by atoms with van der Waals surface area (Å²) >= 11 is 0. The van der Waals surface area contributed by atoms with Crippen LogP contribution in [0.2, 0.25) is 0 Å². The lowest BCUT2D eigenvalue weighted by molar-refractivity contribution is -0.138. The highest BCUT2D eigenvalue weighted by Crippen LogP contribution is 2.36. The van der Waals surface area contributed by atoms with E-state index in [4.69, 9.17) is 33.4 Å². The van der Waals surface area contributed by atoms with E-state index in [0.717, 1.165) is 36.7 Å². The average molecular weight is 641 g/mol. The second-order valence-corrected chi connectivity index (χ2v) is 8.98. The van der Waals surface area contributed by atoms with Gasteiger partial charge in [-0.2, -0.15) is 26.3 Å². The smallest absolute Gasteiger partial charge is 0.417 e. The lowest BCUT2D eigenvalue weighted by Gasteiger charge is -2.19. The first-order valence-corrected chi connectivity index (χ1v) is 11.9. The van der Waals surface area contributed by atoms with E-state index in [1.807, 2.05) is 0 Å². The summed E-state index contributed by atoms with van der Waals surface area (Å²) in [7, 11) is 0. The molecule has 0 aliphatic heterocycles. The van der Waals surface area contributed by atoms with Crippen LogP contribution in [0.25, 0.3) is 11.4 Å². The maximum atomic E-state index is 13.4. The zero-order valence-corrected chi connectivity index (χ0v) is 22.3. The SMILES string of the molecule is N/C(=C\N(N)c1ccc(C(=O)O)c(C(F)(F)F)c1)c1cc(C(=O)O)cc(/C(N)=C/N(N)c2ccc(C(=O)O)c(C(F)(F)F)c2)n1. The maximum Gasteiger partial charge on any atom is 0.417 e. The Bertz CT molecular complexity index is 1620. The molecule has 0 aliphatic rings. The van der Waals surface area contributed by atoms with Crippen molar-refractivity contribution in [3.05, 3.63) is 100 Å². The van der Waals surface area contributed by atoms with Gasteiger partial charge in [0, 0.05) is 12.4 Å². The van der Waals surface area contributed by atoms with Crippen molar-refractivity contribution in [3.63, 3.8) is 0 Å². The Balaban J connectivity index is 2.03. The van der Waals surface area contributed by atoms with Crippen molar-refractivity contribution in [2.24, 2.45) is 23.2 Å². The number of pyridine rings is 1. The van der Waals surface area contributed by atoms with Crippen LogP contribution in [0.15, 0.2) is 60.9 Å². The van der Waals surface area contributed by atoms with Crippen molar-refractivity contribution >= 4 is 40.7 Å². The van der Waals surface area contributed by atoms with Crippen molar-refractivity contribution in [3.8, 4) is 0 Å². The van der Waals surface area contributed by atoms with Crippen molar-refractivity contribution in [1.29, 1.82) is 0 Å². The monoisotopic (exact) mass is 641 g/mol. The number of hydrogen-bond acceptors (Lipinski definition) is 10. The second kappa shape index (κ2) is 12.4. The largest absolute Gasteiger partial charge is 0.478 e. The van der Waals surface area contributed by atoms with E-state index in [2.05, 4.69) is 4.98 Å². The molecule has 45 heavy (non-hydrogen) atoms. The molecule has 0 unspecified atom stereocenters. The van der Waals surface area contributed by atoms with Gasteiger partial charge in [-0.25, -0.2) is 31.1 Å². The first-order valence-electron chi connectivity index (χ1n) is 11.9. The van der Waals surface area contributed by atoms with Crippen LogP contribution in [0.1, 0.15) is 53.6 Å². The molecule has 1 heterocycles. The number of aromatic carboxylic acids is 3. The normalized spacial score (nSPS) is 12.5. The standard InChI is InChI=1S/C26H21F6N7O6/c27-25(28,29)16-7-12(1-3-14(16)23(42)43)38(35)9-18(33)20-5-11(22(40)41)6-21(37-20)19(34)10-39(36)13-2-4-15(24(44)45)17(8-13)26(30,31)32/h1-10H,33-36H2,(H,40,41)(H,42,43)(H,44,45)/b18-9-,19-10-. The summed E-state index contributed by atoms with van der Waals surface area (Å²) < 4.78 is 80.5. The van der Waals surface area contributed by atoms with E-state index in [1.54, 1.807) is 0 Å². The van der Waals surface area contributed by atoms with Gasteiger partial charge in [0.25, 0.3) is 0 Å². The summed E-state index contributed by atoms with van der Waals surface area (Å²) in [4.78, 5) is 38.2. The quantitative estimate of drug-likeness (QED) is 0.101. The van der Waals surface area contributed by atoms with Gasteiger partial charge >= 0.3 is 30.3 Å². The van der Waals surface area contributed by atoms with Gasteiger partial charge in [0.05, 0.1) is 62.0 Å².